The Morgan fingerprint density at radius 3 is 2.65 bits per heavy atom. The van der Waals surface area contributed by atoms with E-state index in [0.29, 0.717) is 41.0 Å². The van der Waals surface area contributed by atoms with Crippen molar-refractivity contribution >= 4 is 15.9 Å². The summed E-state index contributed by atoms with van der Waals surface area (Å²) in [6.45, 7) is 1.01. The summed E-state index contributed by atoms with van der Waals surface area (Å²) in [7, 11) is 3.11. The van der Waals surface area contributed by atoms with Crippen LogP contribution in [0.15, 0.2) is 16.6 Å². The zero-order chi connectivity index (χ0) is 12.5. The summed E-state index contributed by atoms with van der Waals surface area (Å²) in [6, 6.07) is 3.48. The zero-order valence-corrected chi connectivity index (χ0v) is 11.4. The van der Waals surface area contributed by atoms with Gasteiger partial charge in [0, 0.05) is 12.1 Å². The highest BCUT2D eigenvalue weighted by molar-refractivity contribution is 9.10. The van der Waals surface area contributed by atoms with Crippen LogP contribution in [0.5, 0.6) is 11.5 Å². The second-order valence-corrected chi connectivity index (χ2v) is 4.85. The van der Waals surface area contributed by atoms with Crippen LogP contribution in [-0.4, -0.2) is 27.3 Å². The number of rotatable bonds is 3. The molecule has 1 fully saturated rings. The molecule has 17 heavy (non-hydrogen) atoms. The molecule has 3 nitrogen and oxygen atoms in total. The van der Waals surface area contributed by atoms with Gasteiger partial charge in [-0.15, -0.1) is 0 Å². The lowest BCUT2D eigenvalue weighted by Crippen LogP contribution is -2.24. The van der Waals surface area contributed by atoms with Crippen molar-refractivity contribution in [2.75, 3.05) is 27.3 Å². The number of hydrogen-bond acceptors (Lipinski definition) is 3. The zero-order valence-electron chi connectivity index (χ0n) is 9.85. The summed E-state index contributed by atoms with van der Waals surface area (Å²) in [6.07, 6.45) is 0.460. The van der Waals surface area contributed by atoms with Gasteiger partial charge in [0.2, 0.25) is 0 Å². The third-order valence-electron chi connectivity index (χ3n) is 3.07. The summed E-state index contributed by atoms with van der Waals surface area (Å²) in [5, 5.41) is 3.03. The van der Waals surface area contributed by atoms with Gasteiger partial charge in [-0.25, -0.2) is 4.39 Å². The maximum absolute atomic E-state index is 14.7. The Hall–Kier alpha value is -0.810. The normalized spacial score (nSPS) is 23.8. The van der Waals surface area contributed by atoms with Crippen LogP contribution in [0.3, 0.4) is 0 Å². The van der Waals surface area contributed by atoms with E-state index >= 15 is 0 Å². The Labute approximate surface area is 108 Å². The maximum Gasteiger partial charge on any atom is 0.153 e. The molecule has 1 aromatic carbocycles. The van der Waals surface area contributed by atoms with Crippen LogP contribution in [0.25, 0.3) is 0 Å². The smallest absolute Gasteiger partial charge is 0.153 e. The Kier molecular flexibility index (Phi) is 3.58. The molecule has 1 saturated heterocycles. The van der Waals surface area contributed by atoms with Crippen LogP contribution in [-0.2, 0) is 5.67 Å². The number of halogens is 2. The Morgan fingerprint density at radius 2 is 2.12 bits per heavy atom. The number of benzene rings is 1. The highest BCUT2D eigenvalue weighted by Gasteiger charge is 2.39. The fourth-order valence-electron chi connectivity index (χ4n) is 2.14. The number of alkyl halides is 1. The molecule has 1 N–H and O–H groups in total. The summed E-state index contributed by atoms with van der Waals surface area (Å²) in [4.78, 5) is 0. The van der Waals surface area contributed by atoms with E-state index in [-0.39, 0.29) is 0 Å². The first kappa shape index (κ1) is 12.6. The van der Waals surface area contributed by atoms with Crippen molar-refractivity contribution in [1.29, 1.82) is 0 Å². The van der Waals surface area contributed by atoms with Crippen molar-refractivity contribution in [3.63, 3.8) is 0 Å². The van der Waals surface area contributed by atoms with Crippen molar-refractivity contribution in [2.45, 2.75) is 12.1 Å². The van der Waals surface area contributed by atoms with Crippen LogP contribution in [0.4, 0.5) is 4.39 Å². The predicted octanol–water partition coefficient (Wildman–Crippen LogP) is 2.62. The molecule has 1 heterocycles. The van der Waals surface area contributed by atoms with Crippen LogP contribution in [0, 0.1) is 0 Å². The van der Waals surface area contributed by atoms with Crippen LogP contribution >= 0.6 is 15.9 Å². The minimum absolute atomic E-state index is 0.322. The van der Waals surface area contributed by atoms with E-state index < -0.39 is 5.67 Å². The Morgan fingerprint density at radius 1 is 1.35 bits per heavy atom. The van der Waals surface area contributed by atoms with Gasteiger partial charge >= 0.3 is 0 Å². The second-order valence-electron chi connectivity index (χ2n) is 4.05. The molecule has 0 bridgehead atoms. The standard InChI is InChI=1S/C12H15BrFNO2/c1-16-9-4-3-8(11(17-2)10(9)13)12(14)5-6-15-7-12/h3-4,15H,5-7H2,1-2H3. The fourth-order valence-corrected chi connectivity index (χ4v) is 2.81. The van der Waals surface area contributed by atoms with E-state index in [1.807, 2.05) is 0 Å². The SMILES string of the molecule is COc1ccc(C2(F)CCNC2)c(OC)c1Br. The highest BCUT2D eigenvalue weighted by Crippen LogP contribution is 2.44. The van der Waals surface area contributed by atoms with E-state index in [0.717, 1.165) is 0 Å². The van der Waals surface area contributed by atoms with E-state index in [1.54, 1.807) is 19.2 Å². The van der Waals surface area contributed by atoms with Crippen molar-refractivity contribution in [3.8, 4) is 11.5 Å². The first-order valence-electron chi connectivity index (χ1n) is 5.43. The molecule has 5 heteroatoms. The summed E-state index contributed by atoms with van der Waals surface area (Å²) >= 11 is 3.39. The molecule has 0 aromatic heterocycles. The Bertz CT molecular complexity index is 419. The van der Waals surface area contributed by atoms with E-state index in [9.17, 15) is 4.39 Å². The molecule has 0 spiro atoms. The molecule has 1 aliphatic heterocycles. The first-order valence-corrected chi connectivity index (χ1v) is 6.22. The molecule has 0 saturated carbocycles. The third kappa shape index (κ3) is 2.13. The molecule has 0 radical (unpaired) electrons. The van der Waals surface area contributed by atoms with E-state index in [1.165, 1.54) is 7.11 Å². The van der Waals surface area contributed by atoms with Crippen molar-refractivity contribution in [1.82, 2.24) is 5.32 Å². The molecule has 94 valence electrons. The predicted molar refractivity (Wildman–Crippen MR) is 67.5 cm³/mol. The molecule has 0 aliphatic carbocycles. The number of ether oxygens (including phenoxy) is 2. The lowest BCUT2D eigenvalue weighted by molar-refractivity contribution is 0.186. The van der Waals surface area contributed by atoms with Crippen LogP contribution in [0.1, 0.15) is 12.0 Å². The molecule has 1 atom stereocenters. The van der Waals surface area contributed by atoms with Gasteiger partial charge in [0.05, 0.1) is 14.2 Å². The van der Waals surface area contributed by atoms with Crippen LogP contribution < -0.4 is 14.8 Å². The first-order chi connectivity index (χ1) is 8.12. The summed E-state index contributed by atoms with van der Waals surface area (Å²) in [5.74, 6) is 1.15. The second kappa shape index (κ2) is 4.82. The van der Waals surface area contributed by atoms with E-state index in [2.05, 4.69) is 21.2 Å². The average molecular weight is 304 g/mol. The molecule has 2 rings (SSSR count). The van der Waals surface area contributed by atoms with Crippen molar-refractivity contribution in [3.05, 3.63) is 22.2 Å². The van der Waals surface area contributed by atoms with Crippen LogP contribution in [0.2, 0.25) is 0 Å². The van der Waals surface area contributed by atoms with Gasteiger partial charge in [-0.2, -0.15) is 0 Å². The fraction of sp³-hybridized carbons (Fsp3) is 0.500. The number of nitrogens with one attached hydrogen (secondary N) is 1. The van der Waals surface area contributed by atoms with Crippen molar-refractivity contribution < 1.29 is 13.9 Å². The molecular weight excluding hydrogens is 289 g/mol. The summed E-state index contributed by atoms with van der Waals surface area (Å²) < 4.78 is 25.8. The monoisotopic (exact) mass is 303 g/mol. The summed E-state index contributed by atoms with van der Waals surface area (Å²) in [5.41, 5.74) is -0.794. The highest BCUT2D eigenvalue weighted by atomic mass is 79.9. The number of methoxy groups -OCH3 is 2. The van der Waals surface area contributed by atoms with Gasteiger partial charge in [0.1, 0.15) is 16.0 Å². The number of hydrogen-bond donors (Lipinski definition) is 1. The van der Waals surface area contributed by atoms with Crippen molar-refractivity contribution in [2.24, 2.45) is 0 Å². The molecule has 1 unspecified atom stereocenters. The third-order valence-corrected chi connectivity index (χ3v) is 3.82. The molecule has 1 aromatic rings. The lowest BCUT2D eigenvalue weighted by Gasteiger charge is -2.23. The average Bonchev–Trinajstić information content (AvgIpc) is 2.77. The van der Waals surface area contributed by atoms with Gasteiger partial charge in [-0.3, -0.25) is 0 Å². The topological polar surface area (TPSA) is 30.5 Å². The minimum Gasteiger partial charge on any atom is -0.495 e. The lowest BCUT2D eigenvalue weighted by atomic mass is 9.94. The van der Waals surface area contributed by atoms with Gasteiger partial charge < -0.3 is 14.8 Å². The maximum atomic E-state index is 14.7. The van der Waals surface area contributed by atoms with E-state index in [4.69, 9.17) is 9.47 Å². The van der Waals surface area contributed by atoms with Gasteiger partial charge in [0.15, 0.2) is 5.67 Å². The van der Waals surface area contributed by atoms with Gasteiger partial charge in [0.25, 0.3) is 0 Å². The quantitative estimate of drug-likeness (QED) is 0.931. The van der Waals surface area contributed by atoms with Gasteiger partial charge in [-0.1, -0.05) is 0 Å². The molecule has 1 aliphatic rings. The Balaban J connectivity index is 2.50. The minimum atomic E-state index is -1.36. The molecule has 0 amide bonds. The largest absolute Gasteiger partial charge is 0.495 e. The molecular formula is C12H15BrFNO2. The van der Waals surface area contributed by atoms with Gasteiger partial charge in [-0.05, 0) is 41.0 Å².